The van der Waals surface area contributed by atoms with E-state index < -0.39 is 0 Å². The number of carbonyl (C=O) groups excluding carboxylic acids is 1. The van der Waals surface area contributed by atoms with E-state index in [1.54, 1.807) is 0 Å². The zero-order chi connectivity index (χ0) is 10.5. The Labute approximate surface area is 89.0 Å². The van der Waals surface area contributed by atoms with Gasteiger partial charge in [0.25, 0.3) is 0 Å². The first kappa shape index (κ1) is 10.0. The largest absolute Gasteiger partial charge is 0.490 e. The molecule has 15 heavy (non-hydrogen) atoms. The second-order valence-electron chi connectivity index (χ2n) is 3.63. The molecule has 0 N–H and O–H groups in total. The van der Waals surface area contributed by atoms with Crippen LogP contribution in [0.2, 0.25) is 0 Å². The zero-order valence-corrected chi connectivity index (χ0v) is 8.52. The number of cyclic esters (lactones) is 1. The third kappa shape index (κ3) is 2.98. The summed E-state index contributed by atoms with van der Waals surface area (Å²) in [5.41, 5.74) is 0. The summed E-state index contributed by atoms with van der Waals surface area (Å²) in [7, 11) is 0. The summed E-state index contributed by atoms with van der Waals surface area (Å²) >= 11 is 0. The quantitative estimate of drug-likeness (QED) is 0.711. The second kappa shape index (κ2) is 4.82. The van der Waals surface area contributed by atoms with Crippen molar-refractivity contribution in [2.45, 2.75) is 25.4 Å². The molecule has 1 fully saturated rings. The lowest BCUT2D eigenvalue weighted by atomic mass is 10.1. The fraction of sp³-hybridized carbons (Fsp3) is 0.417. The fourth-order valence-electron chi connectivity index (χ4n) is 1.60. The van der Waals surface area contributed by atoms with Crippen LogP contribution < -0.4 is 4.74 Å². The molecule has 2 rings (SSSR count). The highest BCUT2D eigenvalue weighted by Crippen LogP contribution is 2.16. The minimum absolute atomic E-state index is 0.0774. The molecule has 0 amide bonds. The van der Waals surface area contributed by atoms with Crippen molar-refractivity contribution in [3.63, 3.8) is 0 Å². The van der Waals surface area contributed by atoms with Gasteiger partial charge < -0.3 is 9.47 Å². The lowest BCUT2D eigenvalue weighted by Gasteiger charge is -2.22. The summed E-state index contributed by atoms with van der Waals surface area (Å²) < 4.78 is 10.7. The van der Waals surface area contributed by atoms with Crippen LogP contribution in [0.25, 0.3) is 0 Å². The average Bonchev–Trinajstić information content (AvgIpc) is 2.28. The van der Waals surface area contributed by atoms with Crippen molar-refractivity contribution in [1.29, 1.82) is 0 Å². The molecule has 0 aliphatic carbocycles. The number of hydrogen-bond acceptors (Lipinski definition) is 3. The smallest absolute Gasteiger partial charge is 0.306 e. The minimum Gasteiger partial charge on any atom is -0.490 e. The Hall–Kier alpha value is -1.51. The van der Waals surface area contributed by atoms with Gasteiger partial charge in [-0.1, -0.05) is 18.2 Å². The molecule has 0 radical (unpaired) electrons. The number of para-hydroxylation sites is 1. The molecule has 1 aromatic rings. The average molecular weight is 206 g/mol. The van der Waals surface area contributed by atoms with E-state index in [0.717, 1.165) is 18.6 Å². The van der Waals surface area contributed by atoms with E-state index in [1.807, 2.05) is 30.3 Å². The molecule has 1 saturated heterocycles. The van der Waals surface area contributed by atoms with Gasteiger partial charge >= 0.3 is 5.97 Å². The fourth-order valence-corrected chi connectivity index (χ4v) is 1.60. The Kier molecular flexibility index (Phi) is 3.22. The maximum Gasteiger partial charge on any atom is 0.306 e. The molecule has 3 nitrogen and oxygen atoms in total. The van der Waals surface area contributed by atoms with Gasteiger partial charge in [-0.05, 0) is 25.0 Å². The third-order valence-electron chi connectivity index (χ3n) is 2.38. The topological polar surface area (TPSA) is 35.5 Å². The van der Waals surface area contributed by atoms with E-state index in [0.29, 0.717) is 13.0 Å². The van der Waals surface area contributed by atoms with Crippen molar-refractivity contribution in [2.24, 2.45) is 0 Å². The monoisotopic (exact) mass is 206 g/mol. The Morgan fingerprint density at radius 1 is 1.33 bits per heavy atom. The van der Waals surface area contributed by atoms with Gasteiger partial charge in [0.15, 0.2) is 0 Å². The first-order chi connectivity index (χ1) is 7.34. The van der Waals surface area contributed by atoms with E-state index in [1.165, 1.54) is 0 Å². The van der Waals surface area contributed by atoms with E-state index in [2.05, 4.69) is 0 Å². The lowest BCUT2D eigenvalue weighted by molar-refractivity contribution is -0.155. The van der Waals surface area contributed by atoms with Gasteiger partial charge in [-0.2, -0.15) is 0 Å². The zero-order valence-electron chi connectivity index (χ0n) is 8.52. The molecule has 0 saturated carbocycles. The Balaban J connectivity index is 1.80. The van der Waals surface area contributed by atoms with E-state index in [-0.39, 0.29) is 12.1 Å². The molecule has 0 bridgehead atoms. The third-order valence-corrected chi connectivity index (χ3v) is 2.38. The summed E-state index contributed by atoms with van der Waals surface area (Å²) in [6.45, 7) is 0.454. The van der Waals surface area contributed by atoms with E-state index in [9.17, 15) is 4.79 Å². The maximum atomic E-state index is 11.0. The minimum atomic E-state index is -0.108. The van der Waals surface area contributed by atoms with E-state index >= 15 is 0 Å². The predicted octanol–water partition coefficient (Wildman–Crippen LogP) is 2.16. The number of esters is 1. The van der Waals surface area contributed by atoms with Crippen molar-refractivity contribution in [1.82, 2.24) is 0 Å². The molecular formula is C12H14O3. The number of carbonyl (C=O) groups is 1. The van der Waals surface area contributed by atoms with Crippen LogP contribution >= 0.6 is 0 Å². The van der Waals surface area contributed by atoms with Crippen LogP contribution in [0, 0.1) is 0 Å². The lowest BCUT2D eigenvalue weighted by Crippen LogP contribution is -2.28. The van der Waals surface area contributed by atoms with Crippen LogP contribution in [-0.4, -0.2) is 18.7 Å². The highest BCUT2D eigenvalue weighted by molar-refractivity contribution is 5.70. The van der Waals surface area contributed by atoms with Crippen LogP contribution in [0.5, 0.6) is 5.75 Å². The van der Waals surface area contributed by atoms with Gasteiger partial charge in [-0.15, -0.1) is 0 Å². The summed E-state index contributed by atoms with van der Waals surface area (Å²) in [4.78, 5) is 11.0. The molecule has 1 heterocycles. The van der Waals surface area contributed by atoms with Gasteiger partial charge in [0, 0.05) is 6.42 Å². The molecule has 80 valence electrons. The molecule has 1 aliphatic heterocycles. The molecule has 0 spiro atoms. The van der Waals surface area contributed by atoms with Crippen LogP contribution in [-0.2, 0) is 9.53 Å². The standard InChI is InChI=1S/C12H14O3/c13-12-8-4-7-11(15-12)9-14-10-5-2-1-3-6-10/h1-3,5-6,11H,4,7-9H2/t11-/m0/s1. The molecule has 1 atom stereocenters. The molecule has 3 heteroatoms. The van der Waals surface area contributed by atoms with Crippen molar-refractivity contribution in [3.05, 3.63) is 30.3 Å². The highest BCUT2D eigenvalue weighted by Gasteiger charge is 2.20. The number of hydrogen-bond donors (Lipinski definition) is 0. The van der Waals surface area contributed by atoms with Crippen molar-refractivity contribution < 1.29 is 14.3 Å². The summed E-state index contributed by atoms with van der Waals surface area (Å²) in [6, 6.07) is 9.56. The summed E-state index contributed by atoms with van der Waals surface area (Å²) in [6.07, 6.45) is 2.27. The first-order valence-electron chi connectivity index (χ1n) is 5.22. The molecular weight excluding hydrogens is 192 g/mol. The number of rotatable bonds is 3. The van der Waals surface area contributed by atoms with Crippen LogP contribution in [0.1, 0.15) is 19.3 Å². The predicted molar refractivity (Wildman–Crippen MR) is 55.7 cm³/mol. The second-order valence-corrected chi connectivity index (χ2v) is 3.63. The summed E-state index contributed by atoms with van der Waals surface area (Å²) in [5, 5.41) is 0. The Morgan fingerprint density at radius 3 is 2.87 bits per heavy atom. The molecule has 1 aliphatic rings. The Morgan fingerprint density at radius 2 is 2.13 bits per heavy atom. The van der Waals surface area contributed by atoms with Crippen molar-refractivity contribution in [2.75, 3.05) is 6.61 Å². The van der Waals surface area contributed by atoms with Crippen molar-refractivity contribution in [3.8, 4) is 5.75 Å². The SMILES string of the molecule is O=C1CCC[C@@H](COc2ccccc2)O1. The first-order valence-corrected chi connectivity index (χ1v) is 5.22. The molecule has 0 unspecified atom stereocenters. The van der Waals surface area contributed by atoms with Crippen LogP contribution in [0.15, 0.2) is 30.3 Å². The van der Waals surface area contributed by atoms with Gasteiger partial charge in [-0.25, -0.2) is 0 Å². The van der Waals surface area contributed by atoms with E-state index in [4.69, 9.17) is 9.47 Å². The van der Waals surface area contributed by atoms with Gasteiger partial charge in [0.05, 0.1) is 0 Å². The van der Waals surface area contributed by atoms with Gasteiger partial charge in [0.1, 0.15) is 18.5 Å². The van der Waals surface area contributed by atoms with Gasteiger partial charge in [-0.3, -0.25) is 4.79 Å². The van der Waals surface area contributed by atoms with Crippen LogP contribution in [0.3, 0.4) is 0 Å². The van der Waals surface area contributed by atoms with Crippen LogP contribution in [0.4, 0.5) is 0 Å². The Bertz CT molecular complexity index is 321. The summed E-state index contributed by atoms with van der Waals surface area (Å²) in [5.74, 6) is 0.710. The molecule has 0 aromatic heterocycles. The molecule has 1 aromatic carbocycles. The van der Waals surface area contributed by atoms with Crippen molar-refractivity contribution >= 4 is 5.97 Å². The van der Waals surface area contributed by atoms with Gasteiger partial charge in [0.2, 0.25) is 0 Å². The number of ether oxygens (including phenoxy) is 2. The highest BCUT2D eigenvalue weighted by atomic mass is 16.6. The normalized spacial score (nSPS) is 20.8. The maximum absolute atomic E-state index is 11.0. The number of benzene rings is 1.